The van der Waals surface area contributed by atoms with E-state index in [1.54, 1.807) is 6.07 Å². The zero-order valence-electron chi connectivity index (χ0n) is 22.6. The molecule has 5 nitrogen and oxygen atoms in total. The molecule has 0 aromatic heterocycles. The van der Waals surface area contributed by atoms with Gasteiger partial charge in [0.2, 0.25) is 0 Å². The Morgan fingerprint density at radius 3 is 2.17 bits per heavy atom. The molecule has 232 valence electrons. The normalized spacial score (nSPS) is 28.8. The molecule has 0 N–H and O–H groups in total. The fourth-order valence-electron chi connectivity index (χ4n) is 7.40. The Morgan fingerprint density at radius 1 is 0.927 bits per heavy atom. The SMILES string of the molecule is CN(CCO[C@H]1CCC2C3CCc4cc(N=O)ccc4C3CC[C@@]21C)CCOC(C(F)(F)F)(C(F)(F)F)C(F)(F)F. The smallest absolute Gasteiger partial charge is 0.376 e. The summed E-state index contributed by atoms with van der Waals surface area (Å²) in [5.41, 5.74) is -3.49. The van der Waals surface area contributed by atoms with Crippen LogP contribution in [0.15, 0.2) is 23.4 Å². The lowest BCUT2D eigenvalue weighted by atomic mass is 9.55. The monoisotopic (exact) mass is 604 g/mol. The van der Waals surface area contributed by atoms with Gasteiger partial charge in [0.25, 0.3) is 0 Å². The highest BCUT2D eigenvalue weighted by atomic mass is 19.4. The van der Waals surface area contributed by atoms with E-state index in [9.17, 15) is 44.4 Å². The number of likely N-dealkylation sites (N-methyl/N-ethyl adjacent to an activating group) is 1. The minimum atomic E-state index is -6.74. The number of halogens is 9. The number of aryl methyl sites for hydroxylation is 1. The van der Waals surface area contributed by atoms with Crippen LogP contribution in [0.5, 0.6) is 0 Å². The van der Waals surface area contributed by atoms with Crippen LogP contribution < -0.4 is 0 Å². The van der Waals surface area contributed by atoms with Gasteiger partial charge in [-0.15, -0.1) is 4.91 Å². The van der Waals surface area contributed by atoms with Gasteiger partial charge in [-0.1, -0.05) is 13.0 Å². The van der Waals surface area contributed by atoms with Gasteiger partial charge in [0.1, 0.15) is 5.69 Å². The molecule has 14 heteroatoms. The molecule has 1 aromatic carbocycles. The van der Waals surface area contributed by atoms with E-state index in [-0.39, 0.29) is 24.7 Å². The maximum absolute atomic E-state index is 13.0. The maximum Gasteiger partial charge on any atom is 0.435 e. The number of hydrogen-bond acceptors (Lipinski definition) is 5. The average Bonchev–Trinajstić information content (AvgIpc) is 3.19. The van der Waals surface area contributed by atoms with Crippen molar-refractivity contribution < 1.29 is 49.0 Å². The minimum absolute atomic E-state index is 0.0875. The van der Waals surface area contributed by atoms with E-state index in [1.165, 1.54) is 23.1 Å². The van der Waals surface area contributed by atoms with E-state index in [2.05, 4.69) is 16.8 Å². The van der Waals surface area contributed by atoms with Crippen LogP contribution in [0.25, 0.3) is 0 Å². The Balaban J connectivity index is 1.30. The van der Waals surface area contributed by atoms with Crippen LogP contribution in [0.2, 0.25) is 0 Å². The van der Waals surface area contributed by atoms with E-state index in [0.29, 0.717) is 23.4 Å². The van der Waals surface area contributed by atoms with Gasteiger partial charge in [-0.25, -0.2) is 0 Å². The molecule has 2 saturated carbocycles. The number of fused-ring (bicyclic) bond motifs is 5. The van der Waals surface area contributed by atoms with Crippen LogP contribution in [-0.4, -0.2) is 68.5 Å². The zero-order chi connectivity index (χ0) is 30.4. The number of hydrogen-bond donors (Lipinski definition) is 0. The van der Waals surface area contributed by atoms with Crippen LogP contribution in [0, 0.1) is 22.2 Å². The van der Waals surface area contributed by atoms with Gasteiger partial charge in [-0.05, 0) is 97.2 Å². The van der Waals surface area contributed by atoms with Crippen LogP contribution in [0.3, 0.4) is 0 Å². The highest BCUT2D eigenvalue weighted by Crippen LogP contribution is 2.61. The lowest BCUT2D eigenvalue weighted by molar-refractivity contribution is -0.457. The number of benzene rings is 1. The summed E-state index contributed by atoms with van der Waals surface area (Å²) in [6, 6.07) is 5.62. The van der Waals surface area contributed by atoms with Gasteiger partial charge < -0.3 is 14.4 Å². The molecule has 41 heavy (non-hydrogen) atoms. The highest BCUT2D eigenvalue weighted by molar-refractivity contribution is 5.47. The molecule has 0 amide bonds. The summed E-state index contributed by atoms with van der Waals surface area (Å²) in [5.74, 6) is 1.26. The molecular weight excluding hydrogens is 571 g/mol. The molecule has 4 rings (SSSR count). The predicted molar refractivity (Wildman–Crippen MR) is 131 cm³/mol. The van der Waals surface area contributed by atoms with Gasteiger partial charge in [0.05, 0.1) is 19.3 Å². The van der Waals surface area contributed by atoms with E-state index in [1.807, 2.05) is 12.1 Å². The van der Waals surface area contributed by atoms with Gasteiger partial charge in [-0.2, -0.15) is 39.5 Å². The second kappa shape index (κ2) is 11.3. The molecule has 3 aliphatic carbocycles. The molecule has 0 heterocycles. The summed E-state index contributed by atoms with van der Waals surface area (Å²) in [6.07, 6.45) is -14.8. The third-order valence-electron chi connectivity index (χ3n) is 9.51. The van der Waals surface area contributed by atoms with Crippen LogP contribution >= 0.6 is 0 Å². The topological polar surface area (TPSA) is 51.1 Å². The molecule has 0 spiro atoms. The summed E-state index contributed by atoms with van der Waals surface area (Å²) < 4.78 is 127. The first-order valence-corrected chi connectivity index (χ1v) is 13.6. The van der Waals surface area contributed by atoms with Crippen molar-refractivity contribution in [3.8, 4) is 0 Å². The molecule has 0 saturated heterocycles. The fraction of sp³-hybridized carbons (Fsp3) is 0.778. The maximum atomic E-state index is 13.0. The second-order valence-electron chi connectivity index (χ2n) is 11.7. The van der Waals surface area contributed by atoms with E-state index < -0.39 is 37.3 Å². The number of alkyl halides is 9. The second-order valence-corrected chi connectivity index (χ2v) is 11.7. The number of nitrogens with zero attached hydrogens (tertiary/aromatic N) is 2. The summed E-state index contributed by atoms with van der Waals surface area (Å²) in [5, 5.41) is 3.04. The van der Waals surface area contributed by atoms with Crippen LogP contribution in [-0.2, 0) is 15.9 Å². The van der Waals surface area contributed by atoms with Crippen molar-refractivity contribution in [2.45, 2.75) is 81.6 Å². The van der Waals surface area contributed by atoms with Crippen molar-refractivity contribution in [2.75, 3.05) is 33.4 Å². The Hall–Kier alpha value is -1.93. The summed E-state index contributed by atoms with van der Waals surface area (Å²) >= 11 is 0. The first-order chi connectivity index (χ1) is 19.0. The van der Waals surface area contributed by atoms with Crippen molar-refractivity contribution in [1.82, 2.24) is 4.90 Å². The largest absolute Gasteiger partial charge is 0.435 e. The molecular formula is C27H33F9N2O3. The predicted octanol–water partition coefficient (Wildman–Crippen LogP) is 7.70. The lowest BCUT2D eigenvalue weighted by Gasteiger charge is -2.50. The molecule has 0 radical (unpaired) electrons. The summed E-state index contributed by atoms with van der Waals surface area (Å²) in [4.78, 5) is 12.2. The van der Waals surface area contributed by atoms with Crippen molar-refractivity contribution in [3.63, 3.8) is 0 Å². The highest BCUT2D eigenvalue weighted by Gasteiger charge is 2.85. The van der Waals surface area contributed by atoms with Crippen molar-refractivity contribution in [3.05, 3.63) is 34.2 Å². The van der Waals surface area contributed by atoms with Gasteiger partial charge in [0, 0.05) is 13.1 Å². The van der Waals surface area contributed by atoms with Gasteiger partial charge in [-0.3, -0.25) is 0 Å². The van der Waals surface area contributed by atoms with Gasteiger partial charge >= 0.3 is 24.1 Å². The molecule has 0 aliphatic heterocycles. The molecule has 2 fully saturated rings. The molecule has 1 aromatic rings. The zero-order valence-corrected chi connectivity index (χ0v) is 22.6. The Bertz CT molecular complexity index is 1060. The van der Waals surface area contributed by atoms with E-state index >= 15 is 0 Å². The molecule has 0 bridgehead atoms. The molecule has 3 aliphatic rings. The standard InChI is InChI=1S/C27H33F9N2O3/c1-23-10-9-19-18-6-4-17(37-39)15-16(18)3-5-20(19)21(23)7-8-22(23)40-13-11-38(2)12-14-41-24(25(28,29)30,26(31,32)33)27(34,35)36/h4,6,15,19-22H,3,5,7-14H2,1-2H3/t19?,20?,21?,22-,23-/m0/s1. The van der Waals surface area contributed by atoms with E-state index in [4.69, 9.17) is 4.74 Å². The van der Waals surface area contributed by atoms with Gasteiger partial charge in [0.15, 0.2) is 0 Å². The van der Waals surface area contributed by atoms with Crippen LogP contribution in [0.4, 0.5) is 45.2 Å². The first-order valence-electron chi connectivity index (χ1n) is 13.6. The summed E-state index contributed by atoms with van der Waals surface area (Å²) in [7, 11) is 1.36. The Labute approximate surface area is 231 Å². The Morgan fingerprint density at radius 2 is 1.56 bits per heavy atom. The van der Waals surface area contributed by atoms with Crippen LogP contribution in [0.1, 0.15) is 56.1 Å². The third-order valence-corrected chi connectivity index (χ3v) is 9.51. The number of rotatable bonds is 9. The third kappa shape index (κ3) is 5.72. The van der Waals surface area contributed by atoms with Crippen molar-refractivity contribution in [2.24, 2.45) is 22.4 Å². The molecule has 5 atom stereocenters. The minimum Gasteiger partial charge on any atom is -0.376 e. The lowest BCUT2D eigenvalue weighted by Crippen LogP contribution is -2.68. The van der Waals surface area contributed by atoms with Crippen molar-refractivity contribution >= 4 is 5.69 Å². The quantitative estimate of drug-likeness (QED) is 0.214. The fourth-order valence-corrected chi connectivity index (χ4v) is 7.40. The first kappa shape index (κ1) is 32.0. The molecule has 3 unspecified atom stereocenters. The Kier molecular flexibility index (Phi) is 8.81. The average molecular weight is 605 g/mol. The van der Waals surface area contributed by atoms with Crippen molar-refractivity contribution in [1.29, 1.82) is 0 Å². The number of nitroso groups, excluding NO2 is 1. The van der Waals surface area contributed by atoms with E-state index in [0.717, 1.165) is 38.5 Å². The summed E-state index contributed by atoms with van der Waals surface area (Å²) in [6.45, 7) is 0.369. The number of ether oxygens (including phenoxy) is 2.